The molecule has 1 aromatic heterocycles. The second-order valence-electron chi connectivity index (χ2n) is 10.1. The van der Waals surface area contributed by atoms with E-state index in [1.165, 1.54) is 4.90 Å². The third-order valence-electron chi connectivity index (χ3n) is 6.96. The van der Waals surface area contributed by atoms with Crippen LogP contribution in [0.3, 0.4) is 0 Å². The first-order valence-electron chi connectivity index (χ1n) is 13.0. The van der Waals surface area contributed by atoms with Crippen molar-refractivity contribution in [2.45, 2.75) is 26.1 Å². The van der Waals surface area contributed by atoms with Crippen LogP contribution in [-0.2, 0) is 22.7 Å². The number of aliphatic hydroxyl groups excluding tert-OH is 1. The Morgan fingerprint density at radius 2 is 1.68 bits per heavy atom. The quantitative estimate of drug-likeness (QED) is 0.179. The predicted molar refractivity (Wildman–Crippen MR) is 155 cm³/mol. The van der Waals surface area contributed by atoms with Crippen LogP contribution in [0.4, 0.5) is 5.69 Å². The lowest BCUT2D eigenvalue weighted by Crippen LogP contribution is -2.29. The van der Waals surface area contributed by atoms with Crippen molar-refractivity contribution in [3.05, 3.63) is 131 Å². The Morgan fingerprint density at radius 3 is 2.33 bits per heavy atom. The molecule has 5 rings (SSSR count). The summed E-state index contributed by atoms with van der Waals surface area (Å²) >= 11 is 0. The average molecular weight is 534 g/mol. The highest BCUT2D eigenvalue weighted by Gasteiger charge is 2.46. The fourth-order valence-corrected chi connectivity index (χ4v) is 4.87. The van der Waals surface area contributed by atoms with E-state index < -0.39 is 17.7 Å². The Morgan fingerprint density at radius 1 is 0.950 bits per heavy atom. The Balaban J connectivity index is 1.48. The summed E-state index contributed by atoms with van der Waals surface area (Å²) in [7, 11) is 3.88. The van der Waals surface area contributed by atoms with E-state index in [4.69, 9.17) is 4.74 Å². The number of hydrogen-bond donors (Lipinski definition) is 1. The smallest absolute Gasteiger partial charge is 0.295 e. The van der Waals surface area contributed by atoms with Crippen LogP contribution in [0.1, 0.15) is 33.9 Å². The van der Waals surface area contributed by atoms with Crippen LogP contribution in [0.2, 0.25) is 0 Å². The molecule has 7 nitrogen and oxygen atoms in total. The van der Waals surface area contributed by atoms with Crippen molar-refractivity contribution in [3.63, 3.8) is 0 Å². The van der Waals surface area contributed by atoms with Gasteiger partial charge in [0.25, 0.3) is 11.7 Å². The van der Waals surface area contributed by atoms with Gasteiger partial charge in [-0.3, -0.25) is 14.6 Å². The second-order valence-corrected chi connectivity index (χ2v) is 10.1. The molecule has 1 amide bonds. The van der Waals surface area contributed by atoms with Crippen LogP contribution in [0.5, 0.6) is 5.75 Å². The molecule has 40 heavy (non-hydrogen) atoms. The molecule has 1 N–H and O–H groups in total. The molecule has 3 aromatic carbocycles. The fraction of sp³-hybridized carbons (Fsp3) is 0.182. The first-order chi connectivity index (χ1) is 19.3. The maximum absolute atomic E-state index is 13.4. The molecule has 2 heterocycles. The third kappa shape index (κ3) is 5.59. The predicted octanol–water partition coefficient (Wildman–Crippen LogP) is 5.66. The molecule has 1 unspecified atom stereocenters. The molecular weight excluding hydrogens is 502 g/mol. The van der Waals surface area contributed by atoms with E-state index in [1.807, 2.05) is 74.4 Å². The van der Waals surface area contributed by atoms with Gasteiger partial charge in [-0.1, -0.05) is 48.0 Å². The number of likely N-dealkylation sites (tertiary alicyclic amines) is 1. The minimum atomic E-state index is -0.756. The molecule has 4 aromatic rings. The van der Waals surface area contributed by atoms with Gasteiger partial charge in [0.1, 0.15) is 18.1 Å². The zero-order chi connectivity index (χ0) is 28.2. The zero-order valence-electron chi connectivity index (χ0n) is 22.7. The van der Waals surface area contributed by atoms with E-state index in [1.54, 1.807) is 42.7 Å². The van der Waals surface area contributed by atoms with Gasteiger partial charge in [-0.2, -0.15) is 0 Å². The number of aromatic nitrogens is 1. The Bertz CT molecular complexity index is 1550. The standard InChI is InChI=1S/C33H31N3O4/c1-22-6-4-7-23(18-22)21-40-28-15-11-26(12-16-28)31(37)29-30(25-9-13-27(14-10-25)35(2)3)36(33(39)32(29)38)20-24-8-5-17-34-19-24/h4-19,30,37H,20-21H2,1-3H3. The maximum Gasteiger partial charge on any atom is 0.295 e. The van der Waals surface area contributed by atoms with Crippen molar-refractivity contribution in [1.29, 1.82) is 0 Å². The number of hydrogen-bond acceptors (Lipinski definition) is 6. The number of ether oxygens (including phenoxy) is 1. The molecule has 202 valence electrons. The first-order valence-corrected chi connectivity index (χ1v) is 13.0. The molecule has 1 fully saturated rings. The van der Waals surface area contributed by atoms with Crippen LogP contribution >= 0.6 is 0 Å². The Hall–Kier alpha value is -4.91. The van der Waals surface area contributed by atoms with Crippen molar-refractivity contribution in [2.24, 2.45) is 0 Å². The van der Waals surface area contributed by atoms with E-state index in [2.05, 4.69) is 11.1 Å². The number of aliphatic hydroxyl groups is 1. The molecule has 0 spiro atoms. The second kappa shape index (κ2) is 11.5. The molecule has 1 saturated heterocycles. The minimum Gasteiger partial charge on any atom is -0.507 e. The number of Topliss-reactive ketones (excluding diaryl/α,β-unsaturated/α-hetero) is 1. The van der Waals surface area contributed by atoms with Gasteiger partial charge >= 0.3 is 0 Å². The van der Waals surface area contributed by atoms with Crippen LogP contribution in [-0.4, -0.2) is 40.8 Å². The van der Waals surface area contributed by atoms with Gasteiger partial charge in [-0.15, -0.1) is 0 Å². The Labute approximate surface area is 234 Å². The van der Waals surface area contributed by atoms with Gasteiger partial charge in [0.15, 0.2) is 0 Å². The molecule has 1 aliphatic heterocycles. The van der Waals surface area contributed by atoms with Gasteiger partial charge in [0, 0.05) is 44.3 Å². The van der Waals surface area contributed by atoms with Gasteiger partial charge in [-0.25, -0.2) is 0 Å². The topological polar surface area (TPSA) is 83.0 Å². The molecule has 7 heteroatoms. The van der Waals surface area contributed by atoms with Gasteiger partial charge < -0.3 is 19.6 Å². The summed E-state index contributed by atoms with van der Waals surface area (Å²) in [5.41, 5.74) is 5.20. The number of rotatable bonds is 8. The van der Waals surface area contributed by atoms with Crippen LogP contribution in [0.25, 0.3) is 5.76 Å². The normalized spacial score (nSPS) is 16.3. The summed E-state index contributed by atoms with van der Waals surface area (Å²) in [4.78, 5) is 34.3. The summed E-state index contributed by atoms with van der Waals surface area (Å²) in [5.74, 6) is -0.974. The number of amides is 1. The molecule has 0 aliphatic carbocycles. The minimum absolute atomic E-state index is 0.0555. The van der Waals surface area contributed by atoms with Crippen molar-refractivity contribution in [2.75, 3.05) is 19.0 Å². The molecule has 0 radical (unpaired) electrons. The van der Waals surface area contributed by atoms with Gasteiger partial charge in [0.05, 0.1) is 11.6 Å². The lowest BCUT2D eigenvalue weighted by molar-refractivity contribution is -0.140. The average Bonchev–Trinajstić information content (AvgIpc) is 3.21. The summed E-state index contributed by atoms with van der Waals surface area (Å²) in [6, 6.07) is 25.5. The largest absolute Gasteiger partial charge is 0.507 e. The van der Waals surface area contributed by atoms with E-state index in [9.17, 15) is 14.7 Å². The van der Waals surface area contributed by atoms with E-state index in [0.717, 1.165) is 27.9 Å². The van der Waals surface area contributed by atoms with Crippen molar-refractivity contribution in [1.82, 2.24) is 9.88 Å². The first kappa shape index (κ1) is 26.7. The zero-order valence-corrected chi connectivity index (χ0v) is 22.7. The summed E-state index contributed by atoms with van der Waals surface area (Å²) in [5, 5.41) is 11.4. The number of ketones is 1. The van der Waals surface area contributed by atoms with Crippen molar-refractivity contribution in [3.8, 4) is 5.75 Å². The van der Waals surface area contributed by atoms with E-state index in [0.29, 0.717) is 17.9 Å². The molecule has 0 bridgehead atoms. The molecular formula is C33H31N3O4. The maximum atomic E-state index is 13.4. The van der Waals surface area contributed by atoms with Gasteiger partial charge in [0.2, 0.25) is 0 Å². The Kier molecular flexibility index (Phi) is 7.64. The van der Waals surface area contributed by atoms with Gasteiger partial charge in [-0.05, 0) is 66.1 Å². The lowest BCUT2D eigenvalue weighted by Gasteiger charge is -2.26. The highest BCUT2D eigenvalue weighted by Crippen LogP contribution is 2.40. The fourth-order valence-electron chi connectivity index (χ4n) is 4.87. The number of carbonyl (C=O) groups excluding carboxylic acids is 2. The number of anilines is 1. The number of carbonyl (C=O) groups is 2. The van der Waals surface area contributed by atoms with Crippen molar-refractivity contribution < 1.29 is 19.4 Å². The summed E-state index contributed by atoms with van der Waals surface area (Å²) in [6.45, 7) is 2.63. The number of pyridine rings is 1. The number of benzene rings is 3. The monoisotopic (exact) mass is 533 g/mol. The number of nitrogens with zero attached hydrogens (tertiary/aromatic N) is 3. The van der Waals surface area contributed by atoms with Crippen molar-refractivity contribution >= 4 is 23.1 Å². The van der Waals surface area contributed by atoms with Crippen LogP contribution < -0.4 is 9.64 Å². The number of aryl methyl sites for hydroxylation is 1. The molecule has 1 aliphatic rings. The van der Waals surface area contributed by atoms with E-state index in [-0.39, 0.29) is 17.9 Å². The third-order valence-corrected chi connectivity index (χ3v) is 6.96. The lowest BCUT2D eigenvalue weighted by atomic mass is 9.95. The summed E-state index contributed by atoms with van der Waals surface area (Å²) in [6.07, 6.45) is 3.32. The molecule has 1 atom stereocenters. The van der Waals surface area contributed by atoms with Crippen LogP contribution in [0, 0.1) is 6.92 Å². The van der Waals surface area contributed by atoms with E-state index >= 15 is 0 Å². The highest BCUT2D eigenvalue weighted by atomic mass is 16.5. The van der Waals surface area contributed by atoms with Crippen LogP contribution in [0.15, 0.2) is 103 Å². The SMILES string of the molecule is Cc1cccc(COc2ccc(C(O)=C3C(=O)C(=O)N(Cc4cccnc4)C3c3ccc(N(C)C)cc3)cc2)c1. The molecule has 0 saturated carbocycles. The summed E-state index contributed by atoms with van der Waals surface area (Å²) < 4.78 is 5.91. The highest BCUT2D eigenvalue weighted by molar-refractivity contribution is 6.46.